The number of nitrogens with zero attached hydrogens (tertiary/aromatic N) is 3. The number of methoxy groups -OCH3 is 2. The van der Waals surface area contributed by atoms with Crippen LogP contribution < -0.4 is 20.3 Å². The molecule has 1 N–H and O–H groups in total. The molecule has 1 saturated heterocycles. The first-order valence-corrected chi connectivity index (χ1v) is 14.1. The first kappa shape index (κ1) is 29.2. The smallest absolute Gasteiger partial charge is 0.295 e. The van der Waals surface area contributed by atoms with Crippen LogP contribution in [0, 0.1) is 6.92 Å². The standard InChI is InChI=1S/C29H32N4O5S2/c1-19-26(28(36)33(31(19)2)21-11-7-5-8-12-21)30-25(34)13-9-6-10-16-32-27(35)24(40-29(32)39)18-20-14-15-22(37-3)23(17-20)38-4/h5,7-8,11-12,14-15,17-18H,6,9-10,13,16H2,1-4H3,(H,30,34). The second-order valence-electron chi connectivity index (χ2n) is 9.24. The average Bonchev–Trinajstić information content (AvgIpc) is 3.34. The molecule has 0 aliphatic carbocycles. The van der Waals surface area contributed by atoms with Gasteiger partial charge < -0.3 is 14.8 Å². The Balaban J connectivity index is 1.27. The molecule has 2 amide bonds. The van der Waals surface area contributed by atoms with E-state index in [9.17, 15) is 14.4 Å². The molecule has 1 aliphatic heterocycles. The van der Waals surface area contributed by atoms with E-state index >= 15 is 0 Å². The zero-order valence-corrected chi connectivity index (χ0v) is 24.6. The van der Waals surface area contributed by atoms with Crippen LogP contribution in [0.4, 0.5) is 5.69 Å². The molecule has 40 heavy (non-hydrogen) atoms. The lowest BCUT2D eigenvalue weighted by molar-refractivity contribution is -0.122. The molecule has 1 aliphatic rings. The summed E-state index contributed by atoms with van der Waals surface area (Å²) >= 11 is 6.72. The summed E-state index contributed by atoms with van der Waals surface area (Å²) in [5.41, 5.74) is 2.24. The van der Waals surface area contributed by atoms with Crippen molar-refractivity contribution < 1.29 is 19.1 Å². The lowest BCUT2D eigenvalue weighted by atomic mass is 10.1. The third kappa shape index (κ3) is 6.31. The monoisotopic (exact) mass is 580 g/mol. The Labute approximate surface area is 242 Å². The van der Waals surface area contributed by atoms with Gasteiger partial charge in [0.15, 0.2) is 11.5 Å². The van der Waals surface area contributed by atoms with Gasteiger partial charge in [0, 0.05) is 20.0 Å². The number of carbonyl (C=O) groups is 2. The van der Waals surface area contributed by atoms with E-state index < -0.39 is 0 Å². The maximum Gasteiger partial charge on any atom is 0.295 e. The van der Waals surface area contributed by atoms with Crippen LogP contribution in [0.5, 0.6) is 11.5 Å². The van der Waals surface area contributed by atoms with E-state index in [1.165, 1.54) is 16.4 Å². The minimum atomic E-state index is -0.268. The van der Waals surface area contributed by atoms with E-state index in [0.29, 0.717) is 45.8 Å². The Morgan fingerprint density at radius 1 is 1.02 bits per heavy atom. The van der Waals surface area contributed by atoms with Crippen LogP contribution in [0.2, 0.25) is 0 Å². The number of unbranched alkanes of at least 4 members (excludes halogenated alkanes) is 2. The van der Waals surface area contributed by atoms with Crippen LogP contribution in [-0.2, 0) is 16.6 Å². The zero-order valence-electron chi connectivity index (χ0n) is 22.9. The number of carbonyl (C=O) groups excluding carboxylic acids is 2. The molecule has 2 aromatic carbocycles. The van der Waals surface area contributed by atoms with Gasteiger partial charge in [-0.15, -0.1) is 0 Å². The summed E-state index contributed by atoms with van der Waals surface area (Å²) in [5.74, 6) is 0.857. The third-order valence-electron chi connectivity index (χ3n) is 6.68. The highest BCUT2D eigenvalue weighted by molar-refractivity contribution is 8.26. The lowest BCUT2D eigenvalue weighted by Gasteiger charge is -2.14. The lowest BCUT2D eigenvalue weighted by Crippen LogP contribution is -2.29. The number of hydrogen-bond donors (Lipinski definition) is 1. The predicted octanol–water partition coefficient (Wildman–Crippen LogP) is 4.90. The SMILES string of the molecule is COc1ccc(C=C2SC(=S)N(CCCCCC(=O)Nc3c(C)n(C)n(-c4ccccc4)c3=O)C2=O)cc1OC. The van der Waals surface area contributed by atoms with Crippen LogP contribution >= 0.6 is 24.0 Å². The van der Waals surface area contributed by atoms with Crippen molar-refractivity contribution in [1.29, 1.82) is 0 Å². The molecular formula is C29H32N4O5S2. The molecule has 9 nitrogen and oxygen atoms in total. The number of ether oxygens (including phenoxy) is 2. The highest BCUT2D eigenvalue weighted by atomic mass is 32.2. The molecule has 0 radical (unpaired) electrons. The molecule has 210 valence electrons. The first-order valence-electron chi connectivity index (χ1n) is 12.9. The fourth-order valence-electron chi connectivity index (χ4n) is 4.43. The van der Waals surface area contributed by atoms with Gasteiger partial charge in [-0.1, -0.05) is 54.7 Å². The molecule has 11 heteroatoms. The summed E-state index contributed by atoms with van der Waals surface area (Å²) in [4.78, 5) is 40.7. The summed E-state index contributed by atoms with van der Waals surface area (Å²) in [6, 6.07) is 14.7. The number of hydrogen-bond acceptors (Lipinski definition) is 7. The molecule has 4 rings (SSSR count). The van der Waals surface area contributed by atoms with E-state index in [1.807, 2.05) is 42.5 Å². The Kier molecular flexibility index (Phi) is 9.49. The molecule has 1 fully saturated rings. The van der Waals surface area contributed by atoms with Gasteiger partial charge in [0.2, 0.25) is 5.91 Å². The Hall–Kier alpha value is -3.83. The van der Waals surface area contributed by atoms with Gasteiger partial charge in [0.1, 0.15) is 10.0 Å². The number of nitrogens with one attached hydrogen (secondary N) is 1. The van der Waals surface area contributed by atoms with Crippen molar-refractivity contribution in [2.75, 3.05) is 26.1 Å². The maximum atomic E-state index is 13.0. The fourth-order valence-corrected chi connectivity index (χ4v) is 5.74. The van der Waals surface area contributed by atoms with Crippen LogP contribution in [0.25, 0.3) is 11.8 Å². The van der Waals surface area contributed by atoms with Crippen LogP contribution in [0.15, 0.2) is 58.2 Å². The van der Waals surface area contributed by atoms with Crippen molar-refractivity contribution in [3.8, 4) is 17.2 Å². The van der Waals surface area contributed by atoms with Gasteiger partial charge in [0.25, 0.3) is 11.5 Å². The molecule has 0 unspecified atom stereocenters. The number of thioether (sulfide) groups is 1. The van der Waals surface area contributed by atoms with Gasteiger partial charge >= 0.3 is 0 Å². The van der Waals surface area contributed by atoms with Crippen molar-refractivity contribution in [2.24, 2.45) is 7.05 Å². The Bertz CT molecular complexity index is 1510. The van der Waals surface area contributed by atoms with Crippen LogP contribution in [0.3, 0.4) is 0 Å². The molecule has 1 aromatic heterocycles. The van der Waals surface area contributed by atoms with Crippen molar-refractivity contribution in [2.45, 2.75) is 32.6 Å². The van der Waals surface area contributed by atoms with Crippen molar-refractivity contribution in [3.05, 3.63) is 75.0 Å². The number of aromatic nitrogens is 2. The molecule has 2 heterocycles. The molecule has 0 spiro atoms. The van der Waals surface area contributed by atoms with E-state index in [0.717, 1.165) is 17.7 Å². The maximum absolute atomic E-state index is 13.0. The topological polar surface area (TPSA) is 94.8 Å². The number of para-hydroxylation sites is 1. The van der Waals surface area contributed by atoms with Gasteiger partial charge in [-0.05, 0) is 55.7 Å². The van der Waals surface area contributed by atoms with Crippen LogP contribution in [0.1, 0.15) is 36.9 Å². The minimum Gasteiger partial charge on any atom is -0.493 e. The van der Waals surface area contributed by atoms with Crippen LogP contribution in [-0.4, -0.2) is 51.2 Å². The number of thiocarbonyl (C=S) groups is 1. The minimum absolute atomic E-state index is 0.128. The Morgan fingerprint density at radius 2 is 1.75 bits per heavy atom. The van der Waals surface area contributed by atoms with Crippen molar-refractivity contribution >= 4 is 51.9 Å². The quantitative estimate of drug-likeness (QED) is 0.196. The number of benzene rings is 2. The normalized spacial score (nSPS) is 14.2. The summed E-state index contributed by atoms with van der Waals surface area (Å²) in [6.45, 7) is 2.29. The van der Waals surface area contributed by atoms with Crippen molar-refractivity contribution in [3.63, 3.8) is 0 Å². The highest BCUT2D eigenvalue weighted by Gasteiger charge is 2.31. The molecule has 3 aromatic rings. The number of amides is 2. The first-order chi connectivity index (χ1) is 19.2. The molecule has 0 saturated carbocycles. The van der Waals surface area contributed by atoms with E-state index in [-0.39, 0.29) is 29.5 Å². The molecule has 0 atom stereocenters. The summed E-state index contributed by atoms with van der Waals surface area (Å²) < 4.78 is 14.4. The third-order valence-corrected chi connectivity index (χ3v) is 8.06. The number of anilines is 1. The fraction of sp³-hybridized carbons (Fsp3) is 0.310. The largest absolute Gasteiger partial charge is 0.493 e. The second kappa shape index (κ2) is 13.0. The number of rotatable bonds is 11. The van der Waals surface area contributed by atoms with E-state index in [1.54, 1.807) is 49.9 Å². The highest BCUT2D eigenvalue weighted by Crippen LogP contribution is 2.34. The second-order valence-corrected chi connectivity index (χ2v) is 10.9. The summed E-state index contributed by atoms with van der Waals surface area (Å²) in [7, 11) is 4.92. The summed E-state index contributed by atoms with van der Waals surface area (Å²) in [5, 5.41) is 2.79. The zero-order chi connectivity index (χ0) is 28.8. The summed E-state index contributed by atoms with van der Waals surface area (Å²) in [6.07, 6.45) is 4.14. The Morgan fingerprint density at radius 3 is 2.45 bits per heavy atom. The van der Waals surface area contributed by atoms with Gasteiger partial charge in [0.05, 0.1) is 30.5 Å². The van der Waals surface area contributed by atoms with Crippen molar-refractivity contribution in [1.82, 2.24) is 14.3 Å². The molecule has 0 bridgehead atoms. The average molecular weight is 581 g/mol. The van der Waals surface area contributed by atoms with Gasteiger partial charge in [-0.2, -0.15) is 0 Å². The van der Waals surface area contributed by atoms with E-state index in [4.69, 9.17) is 21.7 Å². The molecular weight excluding hydrogens is 548 g/mol. The predicted molar refractivity (Wildman–Crippen MR) is 162 cm³/mol. The van der Waals surface area contributed by atoms with Gasteiger partial charge in [-0.25, -0.2) is 4.68 Å². The van der Waals surface area contributed by atoms with Gasteiger partial charge in [-0.3, -0.25) is 24.0 Å². The van der Waals surface area contributed by atoms with E-state index in [2.05, 4.69) is 5.32 Å².